The number of fused-ring (bicyclic) bond motifs is 1. The third-order valence-corrected chi connectivity index (χ3v) is 4.24. The van der Waals surface area contributed by atoms with Crippen LogP contribution in [0.4, 0.5) is 0 Å². The monoisotopic (exact) mass is 280 g/mol. The first kappa shape index (κ1) is 14.4. The Morgan fingerprint density at radius 2 is 1.89 bits per heavy atom. The lowest BCUT2D eigenvalue weighted by Gasteiger charge is -2.35. The van der Waals surface area contributed by atoms with Gasteiger partial charge in [0.25, 0.3) is 0 Å². The summed E-state index contributed by atoms with van der Waals surface area (Å²) in [6.45, 7) is 5.53. The molecule has 2 aliphatic heterocycles. The van der Waals surface area contributed by atoms with Crippen LogP contribution >= 0.6 is 12.4 Å². The molecule has 19 heavy (non-hydrogen) atoms. The molecular formula is C15H21ClN2O. The second-order valence-corrected chi connectivity index (χ2v) is 5.77. The van der Waals surface area contributed by atoms with Crippen molar-refractivity contribution < 1.29 is 4.79 Å². The molecule has 1 aromatic carbocycles. The SMILES string of the molecule is CC1(C(=O)N2Cc3ccccc3C2)CCCNC1.Cl. The average molecular weight is 281 g/mol. The van der Waals surface area contributed by atoms with Crippen LogP contribution in [0.5, 0.6) is 0 Å². The Labute approximate surface area is 120 Å². The minimum atomic E-state index is -0.208. The normalized spacial score (nSPS) is 25.6. The summed E-state index contributed by atoms with van der Waals surface area (Å²) in [7, 11) is 0. The third kappa shape index (κ3) is 2.63. The lowest BCUT2D eigenvalue weighted by Crippen LogP contribution is -2.48. The molecule has 0 saturated carbocycles. The molecule has 2 heterocycles. The van der Waals surface area contributed by atoms with Crippen molar-refractivity contribution in [3.05, 3.63) is 35.4 Å². The molecule has 1 aromatic rings. The maximum atomic E-state index is 12.7. The van der Waals surface area contributed by atoms with Gasteiger partial charge in [-0.1, -0.05) is 24.3 Å². The first-order valence-electron chi connectivity index (χ1n) is 6.76. The number of benzene rings is 1. The molecule has 1 fully saturated rings. The number of rotatable bonds is 1. The molecule has 1 saturated heterocycles. The van der Waals surface area contributed by atoms with Crippen LogP contribution in [0.15, 0.2) is 24.3 Å². The Hall–Kier alpha value is -1.06. The zero-order valence-corrected chi connectivity index (χ0v) is 12.1. The molecule has 1 unspecified atom stereocenters. The van der Waals surface area contributed by atoms with Crippen molar-refractivity contribution >= 4 is 18.3 Å². The molecule has 0 spiro atoms. The number of hydrogen-bond donors (Lipinski definition) is 1. The van der Waals surface area contributed by atoms with Crippen molar-refractivity contribution in [3.63, 3.8) is 0 Å². The van der Waals surface area contributed by atoms with Gasteiger partial charge in [-0.2, -0.15) is 0 Å². The van der Waals surface area contributed by atoms with Crippen molar-refractivity contribution in [2.75, 3.05) is 13.1 Å². The Balaban J connectivity index is 0.00000133. The lowest BCUT2D eigenvalue weighted by molar-refractivity contribution is -0.142. The lowest BCUT2D eigenvalue weighted by atomic mass is 9.81. The highest BCUT2D eigenvalue weighted by Gasteiger charge is 2.39. The molecule has 4 heteroatoms. The highest BCUT2D eigenvalue weighted by atomic mass is 35.5. The number of carbonyl (C=O) groups is 1. The van der Waals surface area contributed by atoms with Crippen LogP contribution in [0.25, 0.3) is 0 Å². The van der Waals surface area contributed by atoms with Crippen LogP contribution in [0.2, 0.25) is 0 Å². The van der Waals surface area contributed by atoms with Gasteiger partial charge in [-0.15, -0.1) is 12.4 Å². The number of piperidine rings is 1. The largest absolute Gasteiger partial charge is 0.334 e. The van der Waals surface area contributed by atoms with E-state index in [0.717, 1.165) is 39.0 Å². The highest BCUT2D eigenvalue weighted by molar-refractivity contribution is 5.85. The van der Waals surface area contributed by atoms with Crippen LogP contribution in [-0.4, -0.2) is 23.9 Å². The van der Waals surface area contributed by atoms with Crippen molar-refractivity contribution in [2.45, 2.75) is 32.9 Å². The van der Waals surface area contributed by atoms with E-state index in [9.17, 15) is 4.79 Å². The topological polar surface area (TPSA) is 32.3 Å². The van der Waals surface area contributed by atoms with Gasteiger partial charge >= 0.3 is 0 Å². The average Bonchev–Trinajstić information content (AvgIpc) is 2.82. The first-order chi connectivity index (χ1) is 8.69. The molecule has 3 nitrogen and oxygen atoms in total. The van der Waals surface area contributed by atoms with Gasteiger partial charge in [0.1, 0.15) is 0 Å². The van der Waals surface area contributed by atoms with Crippen molar-refractivity contribution in [3.8, 4) is 0 Å². The maximum Gasteiger partial charge on any atom is 0.230 e. The summed E-state index contributed by atoms with van der Waals surface area (Å²) in [6.07, 6.45) is 2.11. The standard InChI is InChI=1S/C15H20N2O.ClH/c1-15(7-4-8-16-11-15)14(18)17-9-12-5-2-3-6-13(12)10-17;/h2-3,5-6,16H,4,7-11H2,1H3;1H. The number of amides is 1. The van der Waals surface area contributed by atoms with E-state index in [2.05, 4.69) is 36.5 Å². The molecule has 2 aliphatic rings. The first-order valence-corrected chi connectivity index (χ1v) is 6.76. The van der Waals surface area contributed by atoms with Crippen LogP contribution < -0.4 is 5.32 Å². The van der Waals surface area contributed by atoms with Crippen LogP contribution in [0, 0.1) is 5.41 Å². The van der Waals surface area contributed by atoms with E-state index in [1.807, 2.05) is 4.90 Å². The Morgan fingerprint density at radius 1 is 1.26 bits per heavy atom. The van der Waals surface area contributed by atoms with E-state index in [1.54, 1.807) is 0 Å². The van der Waals surface area contributed by atoms with E-state index in [4.69, 9.17) is 0 Å². The minimum Gasteiger partial charge on any atom is -0.334 e. The molecular weight excluding hydrogens is 260 g/mol. The predicted octanol–water partition coefficient (Wildman–Crippen LogP) is 2.34. The molecule has 0 aliphatic carbocycles. The number of hydrogen-bond acceptors (Lipinski definition) is 2. The number of halogens is 1. The van der Waals surface area contributed by atoms with Gasteiger partial charge in [0, 0.05) is 19.6 Å². The summed E-state index contributed by atoms with van der Waals surface area (Å²) < 4.78 is 0. The van der Waals surface area contributed by atoms with Gasteiger partial charge in [-0.25, -0.2) is 0 Å². The van der Waals surface area contributed by atoms with Crippen molar-refractivity contribution in [1.29, 1.82) is 0 Å². The summed E-state index contributed by atoms with van der Waals surface area (Å²) in [6, 6.07) is 8.36. The van der Waals surface area contributed by atoms with E-state index in [0.29, 0.717) is 5.91 Å². The molecule has 1 N–H and O–H groups in total. The second kappa shape index (κ2) is 5.51. The van der Waals surface area contributed by atoms with Crippen LogP contribution in [0.1, 0.15) is 30.9 Å². The number of nitrogens with zero attached hydrogens (tertiary/aromatic N) is 1. The van der Waals surface area contributed by atoms with E-state index >= 15 is 0 Å². The Bertz CT molecular complexity index is 444. The predicted molar refractivity (Wildman–Crippen MR) is 78.2 cm³/mol. The van der Waals surface area contributed by atoms with Gasteiger partial charge < -0.3 is 10.2 Å². The van der Waals surface area contributed by atoms with E-state index in [-0.39, 0.29) is 17.8 Å². The Morgan fingerprint density at radius 3 is 2.42 bits per heavy atom. The van der Waals surface area contributed by atoms with Crippen LogP contribution in [-0.2, 0) is 17.9 Å². The fourth-order valence-corrected chi connectivity index (χ4v) is 3.10. The summed E-state index contributed by atoms with van der Waals surface area (Å²) in [5, 5.41) is 3.35. The smallest absolute Gasteiger partial charge is 0.230 e. The highest BCUT2D eigenvalue weighted by Crippen LogP contribution is 2.32. The third-order valence-electron chi connectivity index (χ3n) is 4.24. The van der Waals surface area contributed by atoms with Gasteiger partial charge in [0.05, 0.1) is 5.41 Å². The summed E-state index contributed by atoms with van der Waals surface area (Å²) in [4.78, 5) is 14.7. The fourth-order valence-electron chi connectivity index (χ4n) is 3.10. The van der Waals surface area contributed by atoms with Gasteiger partial charge in [0.2, 0.25) is 5.91 Å². The van der Waals surface area contributed by atoms with Gasteiger partial charge in [0.15, 0.2) is 0 Å². The zero-order chi connectivity index (χ0) is 12.6. The number of carbonyl (C=O) groups excluding carboxylic acids is 1. The maximum absolute atomic E-state index is 12.7. The van der Waals surface area contributed by atoms with Gasteiger partial charge in [-0.05, 0) is 37.4 Å². The zero-order valence-electron chi connectivity index (χ0n) is 11.3. The van der Waals surface area contributed by atoms with Crippen LogP contribution in [0.3, 0.4) is 0 Å². The van der Waals surface area contributed by atoms with Crippen molar-refractivity contribution in [1.82, 2.24) is 10.2 Å². The minimum absolute atomic E-state index is 0. The molecule has 0 aromatic heterocycles. The Kier molecular flexibility index (Phi) is 4.16. The van der Waals surface area contributed by atoms with Gasteiger partial charge in [-0.3, -0.25) is 4.79 Å². The summed E-state index contributed by atoms with van der Waals surface area (Å²) in [5.74, 6) is 0.311. The summed E-state index contributed by atoms with van der Waals surface area (Å²) >= 11 is 0. The molecule has 1 amide bonds. The van der Waals surface area contributed by atoms with E-state index in [1.165, 1.54) is 11.1 Å². The molecule has 0 radical (unpaired) electrons. The molecule has 0 bridgehead atoms. The van der Waals surface area contributed by atoms with Crippen molar-refractivity contribution in [2.24, 2.45) is 5.41 Å². The van der Waals surface area contributed by atoms with E-state index < -0.39 is 0 Å². The number of nitrogens with one attached hydrogen (secondary N) is 1. The molecule has 104 valence electrons. The second-order valence-electron chi connectivity index (χ2n) is 5.77. The molecule has 3 rings (SSSR count). The quantitative estimate of drug-likeness (QED) is 0.856. The summed E-state index contributed by atoms with van der Waals surface area (Å²) in [5.41, 5.74) is 2.40. The fraction of sp³-hybridized carbons (Fsp3) is 0.533. The molecule has 1 atom stereocenters.